The van der Waals surface area contributed by atoms with Crippen LogP contribution in [0.15, 0.2) is 30.3 Å². The third kappa shape index (κ3) is 3.03. The summed E-state index contributed by atoms with van der Waals surface area (Å²) in [6.45, 7) is 6.15. The van der Waals surface area contributed by atoms with Crippen molar-refractivity contribution in [3.8, 4) is 11.5 Å². The highest BCUT2D eigenvalue weighted by Gasteiger charge is 2.16. The van der Waals surface area contributed by atoms with Crippen LogP contribution >= 0.6 is 0 Å². The molecule has 0 saturated heterocycles. The summed E-state index contributed by atoms with van der Waals surface area (Å²) < 4.78 is 10.5. The van der Waals surface area contributed by atoms with Crippen molar-refractivity contribution in [2.24, 2.45) is 0 Å². The van der Waals surface area contributed by atoms with Crippen LogP contribution in [0.2, 0.25) is 0 Å². The van der Waals surface area contributed by atoms with E-state index in [0.717, 1.165) is 16.7 Å². The molecule has 0 radical (unpaired) electrons. The van der Waals surface area contributed by atoms with Gasteiger partial charge in [0.1, 0.15) is 6.10 Å². The number of hydrogen-bond donors (Lipinski definition) is 1. The van der Waals surface area contributed by atoms with Crippen molar-refractivity contribution in [1.29, 1.82) is 0 Å². The first-order valence-corrected chi connectivity index (χ1v) is 6.95. The average Bonchev–Trinajstić information content (AvgIpc) is 2.49. The van der Waals surface area contributed by atoms with Crippen LogP contribution in [0.1, 0.15) is 33.9 Å². The zero-order valence-electron chi connectivity index (χ0n) is 13.2. The molecule has 0 spiro atoms. The molecule has 0 heterocycles. The van der Waals surface area contributed by atoms with E-state index in [1.807, 2.05) is 31.2 Å². The maximum Gasteiger partial charge on any atom is 0.161 e. The Labute approximate surface area is 126 Å². The lowest BCUT2D eigenvalue weighted by atomic mass is 9.93. The highest BCUT2D eigenvalue weighted by atomic mass is 16.5. The first kappa shape index (κ1) is 15.4. The van der Waals surface area contributed by atoms with E-state index in [0.29, 0.717) is 11.5 Å². The number of hydrogen-bond acceptors (Lipinski definition) is 3. The lowest BCUT2D eigenvalue weighted by Gasteiger charge is -2.18. The van der Waals surface area contributed by atoms with Crippen molar-refractivity contribution < 1.29 is 14.6 Å². The fourth-order valence-corrected chi connectivity index (χ4v) is 2.48. The highest BCUT2D eigenvalue weighted by Crippen LogP contribution is 2.33. The Morgan fingerprint density at radius 2 is 1.43 bits per heavy atom. The van der Waals surface area contributed by atoms with Gasteiger partial charge in [0, 0.05) is 0 Å². The zero-order chi connectivity index (χ0) is 15.6. The first-order valence-electron chi connectivity index (χ1n) is 6.95. The zero-order valence-corrected chi connectivity index (χ0v) is 13.2. The Kier molecular flexibility index (Phi) is 4.53. The summed E-state index contributed by atoms with van der Waals surface area (Å²) in [4.78, 5) is 0. The minimum Gasteiger partial charge on any atom is -0.493 e. The molecular weight excluding hydrogens is 264 g/mol. The van der Waals surface area contributed by atoms with Crippen LogP contribution in [0.25, 0.3) is 0 Å². The van der Waals surface area contributed by atoms with Crippen LogP contribution in [0.5, 0.6) is 11.5 Å². The van der Waals surface area contributed by atoms with E-state index in [1.165, 1.54) is 11.1 Å². The summed E-state index contributed by atoms with van der Waals surface area (Å²) in [5.41, 5.74) is 5.20. The van der Waals surface area contributed by atoms with E-state index >= 15 is 0 Å². The van der Waals surface area contributed by atoms with Gasteiger partial charge in [-0.15, -0.1) is 0 Å². The van der Waals surface area contributed by atoms with Crippen LogP contribution in [-0.4, -0.2) is 19.3 Å². The molecule has 0 aromatic heterocycles. The number of aliphatic hydroxyl groups excluding tert-OH is 1. The smallest absolute Gasteiger partial charge is 0.161 e. The normalized spacial score (nSPS) is 12.1. The quantitative estimate of drug-likeness (QED) is 0.931. The van der Waals surface area contributed by atoms with E-state index < -0.39 is 6.10 Å². The second-order valence-corrected chi connectivity index (χ2v) is 5.31. The van der Waals surface area contributed by atoms with Crippen molar-refractivity contribution >= 4 is 0 Å². The van der Waals surface area contributed by atoms with E-state index in [9.17, 15) is 5.11 Å². The average molecular weight is 286 g/mol. The first-order chi connectivity index (χ1) is 9.97. The molecule has 0 amide bonds. The lowest BCUT2D eigenvalue weighted by Crippen LogP contribution is -2.04. The van der Waals surface area contributed by atoms with Gasteiger partial charge in [-0.3, -0.25) is 0 Å². The van der Waals surface area contributed by atoms with Crippen LogP contribution < -0.4 is 9.47 Å². The van der Waals surface area contributed by atoms with Crippen molar-refractivity contribution in [2.45, 2.75) is 26.9 Å². The number of ether oxygens (including phenoxy) is 2. The molecular formula is C18H22O3. The molecule has 0 bridgehead atoms. The lowest BCUT2D eigenvalue weighted by molar-refractivity contribution is 0.218. The number of methoxy groups -OCH3 is 2. The van der Waals surface area contributed by atoms with Gasteiger partial charge in [0.15, 0.2) is 11.5 Å². The summed E-state index contributed by atoms with van der Waals surface area (Å²) in [6.07, 6.45) is -0.677. The van der Waals surface area contributed by atoms with Crippen molar-refractivity contribution in [2.75, 3.05) is 14.2 Å². The second-order valence-electron chi connectivity index (χ2n) is 5.31. The summed E-state index contributed by atoms with van der Waals surface area (Å²) in [7, 11) is 3.19. The van der Waals surface area contributed by atoms with Gasteiger partial charge in [-0.1, -0.05) is 18.2 Å². The molecule has 0 aliphatic rings. The summed E-state index contributed by atoms with van der Waals surface area (Å²) in [5.74, 6) is 1.28. The third-order valence-corrected chi connectivity index (χ3v) is 3.90. The molecule has 0 saturated carbocycles. The van der Waals surface area contributed by atoms with Gasteiger partial charge in [-0.25, -0.2) is 0 Å². The molecule has 2 aromatic carbocycles. The van der Waals surface area contributed by atoms with Gasteiger partial charge in [0.2, 0.25) is 0 Å². The number of rotatable bonds is 4. The molecule has 1 unspecified atom stereocenters. The maximum atomic E-state index is 10.7. The SMILES string of the molecule is COc1ccc(C(O)c2cc(C)c(C)cc2C)cc1OC. The molecule has 0 aliphatic heterocycles. The Bertz CT molecular complexity index is 647. The van der Waals surface area contributed by atoms with E-state index in [1.54, 1.807) is 14.2 Å². The van der Waals surface area contributed by atoms with Gasteiger partial charge in [-0.2, -0.15) is 0 Å². The predicted molar refractivity (Wildman–Crippen MR) is 84.3 cm³/mol. The Morgan fingerprint density at radius 1 is 0.810 bits per heavy atom. The van der Waals surface area contributed by atoms with Gasteiger partial charge >= 0.3 is 0 Å². The Morgan fingerprint density at radius 3 is 2.05 bits per heavy atom. The summed E-state index contributed by atoms with van der Waals surface area (Å²) in [5, 5.41) is 10.7. The molecule has 112 valence electrons. The van der Waals surface area contributed by atoms with E-state index in [2.05, 4.69) is 19.9 Å². The Balaban J connectivity index is 2.45. The standard InChI is InChI=1S/C18H22O3/c1-11-8-13(3)15(9-12(11)2)18(19)14-6-7-16(20-4)17(10-14)21-5/h6-10,18-19H,1-5H3. The van der Waals surface area contributed by atoms with Gasteiger partial charge in [-0.05, 0) is 60.7 Å². The summed E-state index contributed by atoms with van der Waals surface area (Å²) >= 11 is 0. The fourth-order valence-electron chi connectivity index (χ4n) is 2.48. The minimum absolute atomic E-state index is 0.621. The van der Waals surface area contributed by atoms with Crippen molar-refractivity contribution in [1.82, 2.24) is 0 Å². The summed E-state index contributed by atoms with van der Waals surface area (Å²) in [6, 6.07) is 9.65. The molecule has 0 aliphatic carbocycles. The van der Waals surface area contributed by atoms with Crippen molar-refractivity contribution in [3.05, 3.63) is 58.1 Å². The van der Waals surface area contributed by atoms with Crippen molar-refractivity contribution in [3.63, 3.8) is 0 Å². The van der Waals surface area contributed by atoms with Crippen LogP contribution in [0.3, 0.4) is 0 Å². The fraction of sp³-hybridized carbons (Fsp3) is 0.333. The maximum absolute atomic E-state index is 10.7. The number of aryl methyl sites for hydroxylation is 3. The van der Waals surface area contributed by atoms with Crippen LogP contribution in [-0.2, 0) is 0 Å². The monoisotopic (exact) mass is 286 g/mol. The molecule has 2 aromatic rings. The number of benzene rings is 2. The van der Waals surface area contributed by atoms with Gasteiger partial charge in [0.25, 0.3) is 0 Å². The minimum atomic E-state index is -0.677. The molecule has 1 atom stereocenters. The molecule has 21 heavy (non-hydrogen) atoms. The van der Waals surface area contributed by atoms with Crippen LogP contribution in [0, 0.1) is 20.8 Å². The molecule has 3 heteroatoms. The largest absolute Gasteiger partial charge is 0.493 e. The Hall–Kier alpha value is -2.00. The van der Waals surface area contributed by atoms with E-state index in [4.69, 9.17) is 9.47 Å². The molecule has 1 N–H and O–H groups in total. The third-order valence-electron chi connectivity index (χ3n) is 3.90. The topological polar surface area (TPSA) is 38.7 Å². The van der Waals surface area contributed by atoms with Gasteiger partial charge in [0.05, 0.1) is 14.2 Å². The van der Waals surface area contributed by atoms with Gasteiger partial charge < -0.3 is 14.6 Å². The van der Waals surface area contributed by atoms with Crippen LogP contribution in [0.4, 0.5) is 0 Å². The molecule has 0 fully saturated rings. The predicted octanol–water partition coefficient (Wildman–Crippen LogP) is 3.71. The number of aliphatic hydroxyl groups is 1. The highest BCUT2D eigenvalue weighted by molar-refractivity contribution is 5.47. The second kappa shape index (κ2) is 6.19. The molecule has 3 nitrogen and oxygen atoms in total. The molecule has 2 rings (SSSR count). The van der Waals surface area contributed by atoms with E-state index in [-0.39, 0.29) is 0 Å².